The first kappa shape index (κ1) is 18.2. The second-order valence-corrected chi connectivity index (χ2v) is 9.10. The first-order chi connectivity index (χ1) is 11.8. The molecule has 5 nitrogen and oxygen atoms in total. The van der Waals surface area contributed by atoms with E-state index in [0.29, 0.717) is 11.4 Å². The highest BCUT2D eigenvalue weighted by atomic mass is 79.9. The molecule has 0 N–H and O–H groups in total. The molecule has 7 heteroatoms. The van der Waals surface area contributed by atoms with E-state index < -0.39 is 9.84 Å². The molecule has 2 aromatic carbocycles. The molecule has 1 unspecified atom stereocenters. The minimum atomic E-state index is -3.17. The normalized spacial score (nSPS) is 14.8. The molecule has 1 heterocycles. The number of benzene rings is 2. The van der Waals surface area contributed by atoms with E-state index in [2.05, 4.69) is 27.8 Å². The van der Waals surface area contributed by atoms with E-state index in [1.807, 2.05) is 31.3 Å². The Labute approximate surface area is 156 Å². The summed E-state index contributed by atoms with van der Waals surface area (Å²) in [5.74, 6) is 1.51. The number of hydrogen-bond acceptors (Lipinski definition) is 5. The van der Waals surface area contributed by atoms with E-state index in [0.717, 1.165) is 27.1 Å². The smallest absolute Gasteiger partial charge is 0.231 e. The van der Waals surface area contributed by atoms with Crippen molar-refractivity contribution in [3.8, 4) is 11.5 Å². The summed E-state index contributed by atoms with van der Waals surface area (Å²) in [6.07, 6.45) is 1.22. The van der Waals surface area contributed by atoms with Gasteiger partial charge in [0.25, 0.3) is 0 Å². The number of hydrogen-bond donors (Lipinski definition) is 0. The van der Waals surface area contributed by atoms with Crippen LogP contribution in [0.4, 0.5) is 0 Å². The first-order valence-electron chi connectivity index (χ1n) is 7.84. The highest BCUT2D eigenvalue weighted by Gasteiger charge is 2.19. The molecule has 1 aliphatic heterocycles. The summed E-state index contributed by atoms with van der Waals surface area (Å²) < 4.78 is 35.0. The predicted molar refractivity (Wildman–Crippen MR) is 99.7 cm³/mol. The van der Waals surface area contributed by atoms with Crippen molar-refractivity contribution in [3.63, 3.8) is 0 Å². The predicted octanol–water partition coefficient (Wildman–Crippen LogP) is 3.77. The molecule has 2 aromatic rings. The van der Waals surface area contributed by atoms with E-state index in [-0.39, 0.29) is 12.8 Å². The summed E-state index contributed by atoms with van der Waals surface area (Å²) in [5, 5.41) is 0. The quantitative estimate of drug-likeness (QED) is 0.729. The van der Waals surface area contributed by atoms with Crippen molar-refractivity contribution in [2.75, 3.05) is 20.1 Å². The van der Waals surface area contributed by atoms with Crippen molar-refractivity contribution < 1.29 is 17.9 Å². The Balaban J connectivity index is 1.76. The number of rotatable bonds is 5. The van der Waals surface area contributed by atoms with Gasteiger partial charge in [0.05, 0.1) is 4.90 Å². The van der Waals surface area contributed by atoms with E-state index in [1.165, 1.54) is 6.26 Å². The molecular formula is C18H20BrNO4S. The second kappa shape index (κ2) is 6.97. The van der Waals surface area contributed by atoms with Crippen molar-refractivity contribution in [1.82, 2.24) is 4.90 Å². The Morgan fingerprint density at radius 3 is 2.36 bits per heavy atom. The zero-order valence-electron chi connectivity index (χ0n) is 14.3. The lowest BCUT2D eigenvalue weighted by Gasteiger charge is -2.26. The van der Waals surface area contributed by atoms with Crippen molar-refractivity contribution >= 4 is 25.8 Å². The lowest BCUT2D eigenvalue weighted by Crippen LogP contribution is -2.22. The van der Waals surface area contributed by atoms with Crippen LogP contribution < -0.4 is 9.47 Å². The molecular weight excluding hydrogens is 406 g/mol. The third-order valence-electron chi connectivity index (χ3n) is 4.41. The number of ether oxygens (including phenoxy) is 2. The molecule has 0 spiro atoms. The molecule has 0 saturated heterocycles. The molecule has 3 rings (SSSR count). The Kier molecular flexibility index (Phi) is 5.09. The molecule has 0 saturated carbocycles. The molecule has 0 aromatic heterocycles. The first-order valence-corrected chi connectivity index (χ1v) is 10.5. The van der Waals surface area contributed by atoms with Crippen molar-refractivity contribution in [2.24, 2.45) is 0 Å². The molecule has 0 aliphatic carbocycles. The molecule has 1 atom stereocenters. The van der Waals surface area contributed by atoms with Crippen LogP contribution in [0.1, 0.15) is 24.1 Å². The molecule has 0 amide bonds. The van der Waals surface area contributed by atoms with E-state index in [9.17, 15) is 8.42 Å². The SMILES string of the molecule is CC(c1ccc(S(C)(=O)=O)cc1)N(C)Cc1cc2c(cc1Br)OCO2. The molecule has 134 valence electrons. The van der Waals surface area contributed by atoms with Crippen molar-refractivity contribution in [3.05, 3.63) is 52.0 Å². The Morgan fingerprint density at radius 1 is 1.16 bits per heavy atom. The zero-order chi connectivity index (χ0) is 18.2. The number of nitrogens with zero attached hydrogens (tertiary/aromatic N) is 1. The third-order valence-corrected chi connectivity index (χ3v) is 6.28. The largest absolute Gasteiger partial charge is 0.454 e. The van der Waals surface area contributed by atoms with Gasteiger partial charge in [-0.2, -0.15) is 0 Å². The Bertz CT molecular complexity index is 881. The minimum absolute atomic E-state index is 0.130. The average molecular weight is 426 g/mol. The summed E-state index contributed by atoms with van der Waals surface area (Å²) >= 11 is 3.59. The maximum absolute atomic E-state index is 11.6. The standard InChI is InChI=1S/C18H20BrNO4S/c1-12(13-4-6-15(7-5-13)25(3,21)22)20(2)10-14-8-17-18(9-16(14)19)24-11-23-17/h4-9,12H,10-11H2,1-3H3. The summed E-state index contributed by atoms with van der Waals surface area (Å²) in [7, 11) is -1.14. The Morgan fingerprint density at radius 2 is 1.76 bits per heavy atom. The monoisotopic (exact) mass is 425 g/mol. The summed E-state index contributed by atoms with van der Waals surface area (Å²) in [6, 6.07) is 11.1. The van der Waals surface area contributed by atoms with Crippen LogP contribution in [-0.2, 0) is 16.4 Å². The Hall–Kier alpha value is -1.57. The van der Waals surface area contributed by atoms with Crippen LogP contribution in [0.3, 0.4) is 0 Å². The van der Waals surface area contributed by atoms with Gasteiger partial charge in [-0.3, -0.25) is 4.90 Å². The number of sulfone groups is 1. The third kappa shape index (κ3) is 3.99. The van der Waals surface area contributed by atoms with Crippen LogP contribution in [0.15, 0.2) is 45.8 Å². The summed E-state index contributed by atoms with van der Waals surface area (Å²) in [5.41, 5.74) is 2.16. The van der Waals surface area contributed by atoms with E-state index >= 15 is 0 Å². The van der Waals surface area contributed by atoms with E-state index in [1.54, 1.807) is 12.1 Å². The van der Waals surface area contributed by atoms with Crippen LogP contribution in [0.2, 0.25) is 0 Å². The molecule has 1 aliphatic rings. The van der Waals surface area contributed by atoms with Crippen molar-refractivity contribution in [1.29, 1.82) is 0 Å². The van der Waals surface area contributed by atoms with Gasteiger partial charge in [0.1, 0.15) is 0 Å². The van der Waals surface area contributed by atoms with Crippen LogP contribution in [-0.4, -0.2) is 33.4 Å². The maximum Gasteiger partial charge on any atom is 0.231 e. The van der Waals surface area contributed by atoms with Crippen LogP contribution in [0, 0.1) is 0 Å². The van der Waals surface area contributed by atoms with Gasteiger partial charge in [0, 0.05) is 23.3 Å². The van der Waals surface area contributed by atoms with Crippen LogP contribution >= 0.6 is 15.9 Å². The fraction of sp³-hybridized carbons (Fsp3) is 0.333. The van der Waals surface area contributed by atoms with Gasteiger partial charge >= 0.3 is 0 Å². The van der Waals surface area contributed by atoms with Crippen molar-refractivity contribution in [2.45, 2.75) is 24.4 Å². The highest BCUT2D eigenvalue weighted by Crippen LogP contribution is 2.37. The van der Waals surface area contributed by atoms with Gasteiger partial charge < -0.3 is 9.47 Å². The van der Waals surface area contributed by atoms with Gasteiger partial charge in [-0.15, -0.1) is 0 Å². The van der Waals surface area contributed by atoms with Gasteiger partial charge in [0.2, 0.25) is 6.79 Å². The molecule has 0 radical (unpaired) electrons. The van der Waals surface area contributed by atoms with Gasteiger partial charge in [-0.05, 0) is 49.4 Å². The topological polar surface area (TPSA) is 55.8 Å². The second-order valence-electron chi connectivity index (χ2n) is 6.23. The van der Waals surface area contributed by atoms with Gasteiger partial charge in [0.15, 0.2) is 21.3 Å². The lowest BCUT2D eigenvalue weighted by atomic mass is 10.1. The van der Waals surface area contributed by atoms with Crippen LogP contribution in [0.5, 0.6) is 11.5 Å². The van der Waals surface area contributed by atoms with Crippen LogP contribution in [0.25, 0.3) is 0 Å². The molecule has 25 heavy (non-hydrogen) atoms. The maximum atomic E-state index is 11.6. The molecule has 0 bridgehead atoms. The fourth-order valence-electron chi connectivity index (χ4n) is 2.73. The molecule has 0 fully saturated rings. The lowest BCUT2D eigenvalue weighted by molar-refractivity contribution is 0.174. The fourth-order valence-corrected chi connectivity index (χ4v) is 3.81. The summed E-state index contributed by atoms with van der Waals surface area (Å²) in [4.78, 5) is 2.53. The van der Waals surface area contributed by atoms with Gasteiger partial charge in [-0.25, -0.2) is 8.42 Å². The average Bonchev–Trinajstić information content (AvgIpc) is 3.00. The zero-order valence-corrected chi connectivity index (χ0v) is 16.7. The number of halogens is 1. The van der Waals surface area contributed by atoms with Gasteiger partial charge in [-0.1, -0.05) is 28.1 Å². The highest BCUT2D eigenvalue weighted by molar-refractivity contribution is 9.10. The summed E-state index contributed by atoms with van der Waals surface area (Å²) in [6.45, 7) is 3.06. The minimum Gasteiger partial charge on any atom is -0.454 e. The number of fused-ring (bicyclic) bond motifs is 1. The van der Waals surface area contributed by atoms with E-state index in [4.69, 9.17) is 9.47 Å².